The number of esters is 2. The number of rotatable bonds is 4. The van der Waals surface area contributed by atoms with Gasteiger partial charge < -0.3 is 14.8 Å². The van der Waals surface area contributed by atoms with Crippen molar-refractivity contribution >= 4 is 72.9 Å². The molecule has 1 aliphatic heterocycles. The average molecular weight is 426 g/mol. The summed E-state index contributed by atoms with van der Waals surface area (Å²) in [5, 5.41) is 3.66. The summed E-state index contributed by atoms with van der Waals surface area (Å²) in [6.45, 7) is 5.41. The van der Waals surface area contributed by atoms with E-state index >= 15 is 0 Å². The minimum atomic E-state index is -0.737. The van der Waals surface area contributed by atoms with Crippen molar-refractivity contribution in [3.63, 3.8) is 0 Å². The van der Waals surface area contributed by atoms with Crippen LogP contribution in [0, 0.1) is 0 Å². The number of methoxy groups -OCH3 is 1. The Labute approximate surface area is 192 Å². The zero-order valence-corrected chi connectivity index (χ0v) is 15.9. The Hall–Kier alpha value is -0.720. The molecule has 1 aliphatic rings. The summed E-state index contributed by atoms with van der Waals surface area (Å²) in [6.07, 6.45) is 0. The van der Waals surface area contributed by atoms with Gasteiger partial charge in [-0.2, -0.15) is 0 Å². The number of hydrogen-bond acceptors (Lipinski definition) is 5. The molecule has 5 nitrogen and oxygen atoms in total. The molecule has 0 radical (unpaired) electrons. The Kier molecular flexibility index (Phi) is 8.97. The van der Waals surface area contributed by atoms with Gasteiger partial charge in [0.15, 0.2) is 0 Å². The van der Waals surface area contributed by atoms with Crippen LogP contribution in [0.2, 0.25) is 10.0 Å². The van der Waals surface area contributed by atoms with Gasteiger partial charge in [-0.05, 0) is 32.4 Å². The topological polar surface area (TPSA) is 64.6 Å². The van der Waals surface area contributed by atoms with E-state index in [0.717, 1.165) is 0 Å². The molecule has 0 saturated carbocycles. The standard InChI is InChI=1S/C18H19Cl2NO4.Ca.2H/c1-5-25-18(23)14-10(3)21-9(2)13(17(22)24-4)15(14)11-7-6-8-12(19)16(11)20;;;/h6-8,15,21H,5H2,1-4H3;;;. The summed E-state index contributed by atoms with van der Waals surface area (Å²) >= 11 is 12.5. The molecule has 1 aromatic rings. The Bertz CT molecular complexity index is 789. The minimum absolute atomic E-state index is 0. The molecule has 1 unspecified atom stereocenters. The van der Waals surface area contributed by atoms with E-state index < -0.39 is 17.9 Å². The fraction of sp³-hybridized carbons (Fsp3) is 0.333. The fourth-order valence-corrected chi connectivity index (χ4v) is 3.33. The third-order valence-electron chi connectivity index (χ3n) is 3.95. The van der Waals surface area contributed by atoms with Gasteiger partial charge in [0.25, 0.3) is 0 Å². The van der Waals surface area contributed by atoms with Crippen LogP contribution < -0.4 is 5.32 Å². The second kappa shape index (κ2) is 10.00. The number of allylic oxidation sites excluding steroid dienone is 2. The van der Waals surface area contributed by atoms with Gasteiger partial charge in [-0.15, -0.1) is 0 Å². The number of benzene rings is 1. The molecule has 0 spiro atoms. The summed E-state index contributed by atoms with van der Waals surface area (Å²) in [5.74, 6) is -1.82. The Morgan fingerprint density at radius 2 is 1.69 bits per heavy atom. The van der Waals surface area contributed by atoms with E-state index in [-0.39, 0.29) is 49.4 Å². The van der Waals surface area contributed by atoms with Crippen molar-refractivity contribution in [2.75, 3.05) is 13.7 Å². The van der Waals surface area contributed by atoms with Crippen LogP contribution in [0.3, 0.4) is 0 Å². The predicted octanol–water partition coefficient (Wildman–Crippen LogP) is 3.05. The second-order valence-electron chi connectivity index (χ2n) is 5.49. The van der Waals surface area contributed by atoms with E-state index in [1.54, 1.807) is 39.0 Å². The maximum atomic E-state index is 12.6. The van der Waals surface area contributed by atoms with Gasteiger partial charge in [-0.3, -0.25) is 0 Å². The molecular formula is C18H21CaCl2NO4. The normalized spacial score (nSPS) is 16.6. The molecule has 1 heterocycles. The molecule has 0 fully saturated rings. The monoisotopic (exact) mass is 425 g/mol. The van der Waals surface area contributed by atoms with Crippen LogP contribution in [-0.4, -0.2) is 63.4 Å². The van der Waals surface area contributed by atoms with Crippen LogP contribution >= 0.6 is 23.2 Å². The molecule has 0 amide bonds. The van der Waals surface area contributed by atoms with E-state index in [1.807, 2.05) is 0 Å². The molecular weight excluding hydrogens is 405 g/mol. The van der Waals surface area contributed by atoms with Gasteiger partial charge in [0.1, 0.15) is 0 Å². The summed E-state index contributed by atoms with van der Waals surface area (Å²) in [5.41, 5.74) is 2.30. The molecule has 1 N–H and O–H groups in total. The Balaban J connectivity index is 0.00000338. The summed E-state index contributed by atoms with van der Waals surface area (Å²) in [4.78, 5) is 25.0. The van der Waals surface area contributed by atoms with Crippen molar-refractivity contribution in [3.05, 3.63) is 56.3 Å². The first-order valence-electron chi connectivity index (χ1n) is 7.71. The molecule has 1 atom stereocenters. The molecule has 138 valence electrons. The van der Waals surface area contributed by atoms with Crippen LogP contribution in [0.1, 0.15) is 32.3 Å². The van der Waals surface area contributed by atoms with E-state index in [2.05, 4.69) is 5.32 Å². The van der Waals surface area contributed by atoms with Crippen LogP contribution in [0.5, 0.6) is 0 Å². The molecule has 0 saturated heterocycles. The van der Waals surface area contributed by atoms with Crippen molar-refractivity contribution in [2.24, 2.45) is 0 Å². The molecule has 0 aliphatic carbocycles. The molecule has 2 rings (SSSR count). The molecule has 0 aromatic heterocycles. The first kappa shape index (κ1) is 23.3. The molecule has 8 heteroatoms. The number of dihydropyridines is 1. The quantitative estimate of drug-likeness (QED) is 0.592. The second-order valence-corrected chi connectivity index (χ2v) is 6.28. The van der Waals surface area contributed by atoms with Crippen LogP contribution in [-0.2, 0) is 19.1 Å². The van der Waals surface area contributed by atoms with Gasteiger partial charge in [0, 0.05) is 11.4 Å². The molecule has 1 aromatic carbocycles. The van der Waals surface area contributed by atoms with Crippen molar-refractivity contribution in [3.8, 4) is 0 Å². The van der Waals surface area contributed by atoms with Crippen LogP contribution in [0.25, 0.3) is 0 Å². The van der Waals surface area contributed by atoms with Gasteiger partial charge in [-0.1, -0.05) is 35.3 Å². The van der Waals surface area contributed by atoms with Crippen LogP contribution in [0.15, 0.2) is 40.7 Å². The number of carbonyl (C=O) groups is 2. The van der Waals surface area contributed by atoms with Gasteiger partial charge in [0.2, 0.25) is 0 Å². The zero-order chi connectivity index (χ0) is 18.7. The first-order chi connectivity index (χ1) is 11.8. The summed E-state index contributed by atoms with van der Waals surface area (Å²) in [7, 11) is 1.29. The number of ether oxygens (including phenoxy) is 2. The van der Waals surface area contributed by atoms with E-state index in [9.17, 15) is 9.59 Å². The van der Waals surface area contributed by atoms with E-state index in [0.29, 0.717) is 33.1 Å². The predicted molar refractivity (Wildman–Crippen MR) is 105 cm³/mol. The third-order valence-corrected chi connectivity index (χ3v) is 4.79. The van der Waals surface area contributed by atoms with Crippen molar-refractivity contribution in [1.29, 1.82) is 0 Å². The SMILES string of the molecule is CCOC(=O)C1=C(C)NC(C)=C(C(=O)OC)C1c1cccc(Cl)c1Cl.[CaH2]. The van der Waals surface area contributed by atoms with Crippen molar-refractivity contribution in [2.45, 2.75) is 26.7 Å². The van der Waals surface area contributed by atoms with E-state index in [4.69, 9.17) is 32.7 Å². The summed E-state index contributed by atoms with van der Waals surface area (Å²) in [6, 6.07) is 5.09. The third kappa shape index (κ3) is 4.57. The number of hydrogen-bond donors (Lipinski definition) is 1. The van der Waals surface area contributed by atoms with Crippen molar-refractivity contribution < 1.29 is 19.1 Å². The van der Waals surface area contributed by atoms with E-state index in [1.165, 1.54) is 7.11 Å². The Morgan fingerprint density at radius 1 is 1.12 bits per heavy atom. The van der Waals surface area contributed by atoms with Gasteiger partial charge in [-0.25, -0.2) is 9.59 Å². The first-order valence-corrected chi connectivity index (χ1v) is 8.46. The molecule has 26 heavy (non-hydrogen) atoms. The average Bonchev–Trinajstić information content (AvgIpc) is 2.56. The Morgan fingerprint density at radius 3 is 2.23 bits per heavy atom. The molecule has 0 bridgehead atoms. The number of carbonyl (C=O) groups excluding carboxylic acids is 2. The number of halogens is 2. The van der Waals surface area contributed by atoms with Crippen molar-refractivity contribution in [1.82, 2.24) is 5.32 Å². The number of nitrogens with one attached hydrogen (secondary N) is 1. The fourth-order valence-electron chi connectivity index (χ4n) is 2.91. The summed E-state index contributed by atoms with van der Waals surface area (Å²) < 4.78 is 10.1. The van der Waals surface area contributed by atoms with Gasteiger partial charge >= 0.3 is 49.7 Å². The zero-order valence-electron chi connectivity index (χ0n) is 14.4. The van der Waals surface area contributed by atoms with Gasteiger partial charge in [0.05, 0.1) is 40.8 Å². The van der Waals surface area contributed by atoms with Crippen LogP contribution in [0.4, 0.5) is 0 Å². The maximum absolute atomic E-state index is 12.6.